The maximum Gasteiger partial charge on any atom is 0.410 e. The summed E-state index contributed by atoms with van der Waals surface area (Å²) in [6.45, 7) is 9.23. The molecule has 1 atom stereocenters. The van der Waals surface area contributed by atoms with E-state index in [1.54, 1.807) is 11.8 Å². The maximum atomic E-state index is 11.9. The molecule has 0 aromatic rings. The van der Waals surface area contributed by atoms with Crippen LogP contribution in [0.1, 0.15) is 40.5 Å². The second-order valence-electron chi connectivity index (χ2n) is 6.44. The van der Waals surface area contributed by atoms with Gasteiger partial charge in [0.05, 0.1) is 6.04 Å². The van der Waals surface area contributed by atoms with Gasteiger partial charge < -0.3 is 20.7 Å². The van der Waals surface area contributed by atoms with Crippen molar-refractivity contribution >= 4 is 12.0 Å². The van der Waals surface area contributed by atoms with Crippen molar-refractivity contribution in [1.82, 2.24) is 10.2 Å². The van der Waals surface area contributed by atoms with Gasteiger partial charge in [0.15, 0.2) is 0 Å². The number of piperidine rings is 1. The summed E-state index contributed by atoms with van der Waals surface area (Å²) in [5.41, 5.74) is 5.03. The van der Waals surface area contributed by atoms with Crippen molar-refractivity contribution in [3.05, 3.63) is 0 Å². The molecule has 1 aliphatic heterocycles. The summed E-state index contributed by atoms with van der Waals surface area (Å²) in [6.07, 6.45) is 1.49. The zero-order valence-corrected chi connectivity index (χ0v) is 12.9. The minimum Gasteiger partial charge on any atom is -0.444 e. The number of carbonyl (C=O) groups excluding carboxylic acids is 2. The van der Waals surface area contributed by atoms with Crippen LogP contribution in [0.3, 0.4) is 0 Å². The maximum absolute atomic E-state index is 11.9. The molecule has 1 fully saturated rings. The van der Waals surface area contributed by atoms with Crippen LogP contribution >= 0.6 is 0 Å². The Balaban J connectivity index is 2.30. The first-order valence-electron chi connectivity index (χ1n) is 7.20. The molecule has 0 radical (unpaired) electrons. The fraction of sp³-hybridized carbons (Fsp3) is 0.857. The number of nitrogens with one attached hydrogen (secondary N) is 1. The van der Waals surface area contributed by atoms with E-state index in [0.717, 1.165) is 12.8 Å². The van der Waals surface area contributed by atoms with Crippen LogP contribution in [0, 0.1) is 5.92 Å². The number of nitrogens with two attached hydrogens (primary N) is 1. The van der Waals surface area contributed by atoms with Crippen molar-refractivity contribution < 1.29 is 14.3 Å². The highest BCUT2D eigenvalue weighted by Gasteiger charge is 2.27. The number of amides is 2. The van der Waals surface area contributed by atoms with Crippen molar-refractivity contribution in [3.63, 3.8) is 0 Å². The first kappa shape index (κ1) is 16.8. The Hall–Kier alpha value is -1.30. The van der Waals surface area contributed by atoms with Crippen LogP contribution in [0.2, 0.25) is 0 Å². The van der Waals surface area contributed by atoms with E-state index in [2.05, 4.69) is 5.32 Å². The van der Waals surface area contributed by atoms with Crippen molar-refractivity contribution in [2.24, 2.45) is 11.7 Å². The first-order valence-corrected chi connectivity index (χ1v) is 7.20. The van der Waals surface area contributed by atoms with Gasteiger partial charge in [0.2, 0.25) is 5.91 Å². The van der Waals surface area contributed by atoms with Crippen molar-refractivity contribution in [2.45, 2.75) is 52.2 Å². The number of ether oxygens (including phenoxy) is 1. The molecule has 6 nitrogen and oxygen atoms in total. The lowest BCUT2D eigenvalue weighted by Gasteiger charge is -2.33. The topological polar surface area (TPSA) is 84.7 Å². The Morgan fingerprint density at radius 1 is 1.35 bits per heavy atom. The predicted octanol–water partition coefficient (Wildman–Crippen LogP) is 1.10. The van der Waals surface area contributed by atoms with E-state index < -0.39 is 11.6 Å². The molecule has 2 amide bonds. The Morgan fingerprint density at radius 2 is 1.90 bits per heavy atom. The number of carbonyl (C=O) groups is 2. The average Bonchev–Trinajstić information content (AvgIpc) is 2.34. The van der Waals surface area contributed by atoms with Crippen molar-refractivity contribution in [2.75, 3.05) is 19.6 Å². The molecular weight excluding hydrogens is 258 g/mol. The Morgan fingerprint density at radius 3 is 2.35 bits per heavy atom. The van der Waals surface area contributed by atoms with Gasteiger partial charge in [0, 0.05) is 19.6 Å². The monoisotopic (exact) mass is 285 g/mol. The molecule has 1 rings (SSSR count). The highest BCUT2D eigenvalue weighted by Crippen LogP contribution is 2.19. The molecular formula is C14H27N3O3. The highest BCUT2D eigenvalue weighted by molar-refractivity contribution is 5.80. The molecule has 1 unspecified atom stereocenters. The van der Waals surface area contributed by atoms with Crippen LogP contribution in [-0.2, 0) is 9.53 Å². The van der Waals surface area contributed by atoms with Crippen LogP contribution in [-0.4, -0.2) is 48.2 Å². The van der Waals surface area contributed by atoms with Crippen LogP contribution < -0.4 is 11.1 Å². The van der Waals surface area contributed by atoms with Crippen molar-refractivity contribution in [1.29, 1.82) is 0 Å². The van der Waals surface area contributed by atoms with E-state index in [1.807, 2.05) is 20.8 Å². The molecule has 0 saturated carbocycles. The molecule has 0 aromatic heterocycles. The molecule has 20 heavy (non-hydrogen) atoms. The molecule has 0 bridgehead atoms. The molecule has 0 aromatic carbocycles. The zero-order valence-electron chi connectivity index (χ0n) is 12.9. The zero-order chi connectivity index (χ0) is 15.3. The first-order chi connectivity index (χ1) is 9.19. The van der Waals surface area contributed by atoms with E-state index in [4.69, 9.17) is 10.5 Å². The highest BCUT2D eigenvalue weighted by atomic mass is 16.6. The molecule has 1 saturated heterocycles. The third kappa shape index (κ3) is 5.77. The van der Waals surface area contributed by atoms with Gasteiger partial charge in [-0.2, -0.15) is 0 Å². The second kappa shape index (κ2) is 6.92. The fourth-order valence-corrected chi connectivity index (χ4v) is 2.05. The summed E-state index contributed by atoms with van der Waals surface area (Å²) >= 11 is 0. The van der Waals surface area contributed by atoms with Gasteiger partial charge in [-0.15, -0.1) is 0 Å². The summed E-state index contributed by atoms with van der Waals surface area (Å²) in [4.78, 5) is 25.0. The van der Waals surface area contributed by atoms with Gasteiger partial charge in [0.25, 0.3) is 0 Å². The van der Waals surface area contributed by atoms with E-state index in [-0.39, 0.29) is 12.0 Å². The lowest BCUT2D eigenvalue weighted by atomic mass is 9.97. The van der Waals surface area contributed by atoms with Gasteiger partial charge in [-0.05, 0) is 46.5 Å². The third-order valence-electron chi connectivity index (χ3n) is 3.24. The second-order valence-corrected chi connectivity index (χ2v) is 6.44. The largest absolute Gasteiger partial charge is 0.444 e. The Kier molecular flexibility index (Phi) is 5.80. The molecule has 6 heteroatoms. The summed E-state index contributed by atoms with van der Waals surface area (Å²) in [5, 5.41) is 2.84. The SMILES string of the molecule is CC(N)C(=O)NCC1CCN(C(=O)OC(C)(C)C)CC1. The van der Waals surface area contributed by atoms with Gasteiger partial charge in [0.1, 0.15) is 5.60 Å². The number of rotatable bonds is 3. The summed E-state index contributed by atoms with van der Waals surface area (Å²) in [6, 6.07) is -0.475. The quantitative estimate of drug-likeness (QED) is 0.813. The Bertz CT molecular complexity index is 342. The number of nitrogens with zero attached hydrogens (tertiary/aromatic N) is 1. The van der Waals surface area contributed by atoms with Crippen LogP contribution in [0.4, 0.5) is 4.79 Å². The van der Waals surface area contributed by atoms with Crippen LogP contribution in [0.25, 0.3) is 0 Å². The average molecular weight is 285 g/mol. The number of hydrogen-bond acceptors (Lipinski definition) is 4. The standard InChI is InChI=1S/C14H27N3O3/c1-10(15)12(18)16-9-11-5-7-17(8-6-11)13(19)20-14(2,3)4/h10-11H,5-9,15H2,1-4H3,(H,16,18). The summed E-state index contributed by atoms with van der Waals surface area (Å²) in [7, 11) is 0. The molecule has 1 heterocycles. The van der Waals surface area contributed by atoms with Crippen molar-refractivity contribution in [3.8, 4) is 0 Å². The normalized spacial score (nSPS) is 18.6. The number of hydrogen-bond donors (Lipinski definition) is 2. The predicted molar refractivity (Wildman–Crippen MR) is 77.2 cm³/mol. The summed E-state index contributed by atoms with van der Waals surface area (Å²) < 4.78 is 5.34. The molecule has 3 N–H and O–H groups in total. The molecule has 0 aliphatic carbocycles. The van der Waals surface area contributed by atoms with Gasteiger partial charge in [-0.3, -0.25) is 4.79 Å². The van der Waals surface area contributed by atoms with Crippen LogP contribution in [0.5, 0.6) is 0 Å². The van der Waals surface area contributed by atoms with E-state index in [0.29, 0.717) is 25.6 Å². The van der Waals surface area contributed by atoms with Gasteiger partial charge in [-0.1, -0.05) is 0 Å². The third-order valence-corrected chi connectivity index (χ3v) is 3.24. The number of likely N-dealkylation sites (tertiary alicyclic amines) is 1. The smallest absolute Gasteiger partial charge is 0.410 e. The van der Waals surface area contributed by atoms with Crippen LogP contribution in [0.15, 0.2) is 0 Å². The summed E-state index contributed by atoms with van der Waals surface area (Å²) in [5.74, 6) is 0.274. The molecule has 116 valence electrons. The minimum atomic E-state index is -0.475. The Labute approximate surface area is 121 Å². The molecule has 0 spiro atoms. The van der Waals surface area contributed by atoms with Gasteiger partial charge in [-0.25, -0.2) is 4.79 Å². The van der Waals surface area contributed by atoms with Gasteiger partial charge >= 0.3 is 6.09 Å². The van der Waals surface area contributed by atoms with E-state index >= 15 is 0 Å². The lowest BCUT2D eigenvalue weighted by molar-refractivity contribution is -0.122. The van der Waals surface area contributed by atoms with E-state index in [9.17, 15) is 9.59 Å². The lowest BCUT2D eigenvalue weighted by Crippen LogP contribution is -2.45. The minimum absolute atomic E-state index is 0.125. The fourth-order valence-electron chi connectivity index (χ4n) is 2.05. The van der Waals surface area contributed by atoms with E-state index in [1.165, 1.54) is 0 Å². The molecule has 1 aliphatic rings.